The number of ether oxygens (including phenoxy) is 4. The number of morpholine rings is 1. The Morgan fingerprint density at radius 3 is 2.22 bits per heavy atom. The Morgan fingerprint density at radius 2 is 1.67 bits per heavy atom. The van der Waals surface area contributed by atoms with Crippen LogP contribution in [0.4, 0.5) is 21.0 Å². The van der Waals surface area contributed by atoms with Gasteiger partial charge in [0.15, 0.2) is 11.5 Å². The van der Waals surface area contributed by atoms with Crippen molar-refractivity contribution in [3.63, 3.8) is 0 Å². The molecule has 1 aliphatic heterocycles. The quantitative estimate of drug-likeness (QED) is 0.145. The lowest BCUT2D eigenvalue weighted by Crippen LogP contribution is -2.49. The standard InChI is InChI=1S/C39H55N7O9/c1-23-20-25(38(2,3)4)31(26(21-23)39(5,6)7)54-35(49)29-30(40-8)34(55-37(51)45-14-18-53-19-15-45)46-33(29)42-32(43-46)24-10-11-28(52-9)27(22-24)41-36(50)44(12-16-47)13-17-48/h10-11,22-23,25-26,31,47-48H,12-21H2,1-7,9H3,(H,41,50)(H,42,43). The molecule has 300 valence electrons. The Labute approximate surface area is 321 Å². The zero-order chi connectivity index (χ0) is 40.2. The number of aliphatic hydroxyl groups excluding tert-OH is 2. The number of benzene rings is 1. The molecule has 2 aromatic heterocycles. The van der Waals surface area contributed by atoms with E-state index in [2.05, 4.69) is 63.7 Å². The molecular formula is C39H55N7O9. The summed E-state index contributed by atoms with van der Waals surface area (Å²) in [7, 11) is 1.45. The number of nitrogens with zero attached hydrogens (tertiary/aromatic N) is 5. The Hall–Kier alpha value is -4.85. The van der Waals surface area contributed by atoms with Crippen molar-refractivity contribution < 1.29 is 43.5 Å². The van der Waals surface area contributed by atoms with Gasteiger partial charge in [0.2, 0.25) is 5.88 Å². The molecule has 0 spiro atoms. The number of anilines is 1. The third-order valence-corrected chi connectivity index (χ3v) is 10.6. The minimum absolute atomic E-state index is 0.000787. The van der Waals surface area contributed by atoms with Gasteiger partial charge in [0.1, 0.15) is 17.4 Å². The van der Waals surface area contributed by atoms with Gasteiger partial charge >= 0.3 is 18.1 Å². The maximum atomic E-state index is 14.6. The van der Waals surface area contributed by atoms with E-state index < -0.39 is 24.2 Å². The lowest BCUT2D eigenvalue weighted by molar-refractivity contribution is -0.0922. The summed E-state index contributed by atoms with van der Waals surface area (Å²) < 4.78 is 24.6. The van der Waals surface area contributed by atoms with Gasteiger partial charge in [0.25, 0.3) is 5.69 Å². The average molecular weight is 766 g/mol. The van der Waals surface area contributed by atoms with Crippen molar-refractivity contribution >= 4 is 35.1 Å². The fraction of sp³-hybridized carbons (Fsp3) is 0.615. The highest BCUT2D eigenvalue weighted by Gasteiger charge is 2.48. The van der Waals surface area contributed by atoms with Crippen LogP contribution in [0.1, 0.15) is 71.7 Å². The number of H-pyrrole nitrogens is 1. The molecule has 2 aliphatic rings. The average Bonchev–Trinajstić information content (AvgIpc) is 3.68. The molecule has 2 fully saturated rings. The summed E-state index contributed by atoms with van der Waals surface area (Å²) in [5.74, 6) is 0.0822. The number of nitrogens with one attached hydrogen (secondary N) is 2. The van der Waals surface area contributed by atoms with Gasteiger partial charge in [-0.15, -0.1) is 0 Å². The Balaban J connectivity index is 1.61. The monoisotopic (exact) mass is 765 g/mol. The van der Waals surface area contributed by atoms with Crippen LogP contribution >= 0.6 is 0 Å². The number of carbonyl (C=O) groups excluding carboxylic acids is 3. The largest absolute Gasteiger partial charge is 0.495 e. The van der Waals surface area contributed by atoms with Crippen molar-refractivity contribution in [2.45, 2.75) is 67.4 Å². The van der Waals surface area contributed by atoms with Gasteiger partial charge in [0, 0.05) is 43.6 Å². The van der Waals surface area contributed by atoms with E-state index in [0.29, 0.717) is 43.5 Å². The highest BCUT2D eigenvalue weighted by Crippen LogP contribution is 2.50. The van der Waals surface area contributed by atoms with Gasteiger partial charge in [0.05, 0.1) is 45.8 Å². The number of fused-ring (bicyclic) bond motifs is 1. The summed E-state index contributed by atoms with van der Waals surface area (Å²) in [6.07, 6.45) is 0.574. The fourth-order valence-electron chi connectivity index (χ4n) is 7.64. The molecule has 3 amide bonds. The lowest BCUT2D eigenvalue weighted by atomic mass is 9.59. The van der Waals surface area contributed by atoms with Gasteiger partial charge in [-0.1, -0.05) is 48.5 Å². The van der Waals surface area contributed by atoms with Crippen LogP contribution in [0.5, 0.6) is 11.6 Å². The first-order valence-corrected chi connectivity index (χ1v) is 18.8. The molecule has 1 saturated carbocycles. The number of aliphatic hydroxyl groups is 2. The van der Waals surface area contributed by atoms with Crippen LogP contribution in [0.15, 0.2) is 18.2 Å². The zero-order valence-electron chi connectivity index (χ0n) is 33.1. The van der Waals surface area contributed by atoms with E-state index in [1.165, 1.54) is 21.4 Å². The van der Waals surface area contributed by atoms with Crippen LogP contribution < -0.4 is 14.8 Å². The number of carbonyl (C=O) groups is 3. The first-order valence-electron chi connectivity index (χ1n) is 18.8. The molecule has 2 unspecified atom stereocenters. The molecule has 0 bridgehead atoms. The fourth-order valence-corrected chi connectivity index (χ4v) is 7.64. The number of urea groups is 1. The van der Waals surface area contributed by atoms with E-state index in [4.69, 9.17) is 30.5 Å². The number of rotatable bonds is 10. The number of amides is 3. The van der Waals surface area contributed by atoms with E-state index in [1.54, 1.807) is 18.2 Å². The van der Waals surface area contributed by atoms with Crippen LogP contribution in [-0.4, -0.2) is 119 Å². The molecule has 16 nitrogen and oxygen atoms in total. The highest BCUT2D eigenvalue weighted by atomic mass is 16.6. The smallest absolute Gasteiger partial charge is 0.415 e. The van der Waals surface area contributed by atoms with Crippen molar-refractivity contribution in [2.75, 3.05) is 65.0 Å². The van der Waals surface area contributed by atoms with E-state index in [1.807, 2.05) is 0 Å². The maximum Gasteiger partial charge on any atom is 0.415 e. The second kappa shape index (κ2) is 16.9. The van der Waals surface area contributed by atoms with E-state index in [-0.39, 0.29) is 83.3 Å². The van der Waals surface area contributed by atoms with Crippen LogP contribution in [0.2, 0.25) is 0 Å². The second-order valence-corrected chi connectivity index (χ2v) is 16.5. The summed E-state index contributed by atoms with van der Waals surface area (Å²) in [5, 5.41) is 24.7. The minimum atomic E-state index is -0.742. The molecule has 2 atom stereocenters. The summed E-state index contributed by atoms with van der Waals surface area (Å²) in [5.41, 5.74) is 0.0253. The summed E-state index contributed by atoms with van der Waals surface area (Å²) in [6.45, 7) is 24.0. The molecule has 55 heavy (non-hydrogen) atoms. The predicted octanol–water partition coefficient (Wildman–Crippen LogP) is 5.82. The maximum absolute atomic E-state index is 14.6. The lowest BCUT2D eigenvalue weighted by Gasteiger charge is -2.50. The molecule has 3 aromatic rings. The third-order valence-electron chi connectivity index (χ3n) is 10.6. The number of hydrogen-bond acceptors (Lipinski definition) is 10. The SMILES string of the molecule is [C-]#[N+]c1c(C(=O)OC2C(C(C)(C)C)CC(C)CC2C(C)(C)C)c2nc(-c3ccc(OC)c(NC(=O)N(CCO)CCO)c3)[nH]n2c1OC(=O)N1CCOCC1. The Bertz CT molecular complexity index is 1870. The first-order chi connectivity index (χ1) is 26.0. The number of aromatic amines is 1. The minimum Gasteiger partial charge on any atom is -0.495 e. The van der Waals surface area contributed by atoms with Gasteiger partial charge in [-0.2, -0.15) is 0 Å². The first kappa shape index (κ1) is 41.3. The van der Waals surface area contributed by atoms with Crippen LogP contribution in [0.3, 0.4) is 0 Å². The number of hydrogen-bond donors (Lipinski definition) is 4. The number of methoxy groups -OCH3 is 1. The molecule has 1 aliphatic carbocycles. The summed E-state index contributed by atoms with van der Waals surface area (Å²) in [6, 6.07) is 4.33. The van der Waals surface area contributed by atoms with Gasteiger partial charge in [-0.3, -0.25) is 5.10 Å². The van der Waals surface area contributed by atoms with Crippen molar-refractivity contribution in [1.29, 1.82) is 0 Å². The third kappa shape index (κ3) is 9.01. The predicted molar refractivity (Wildman–Crippen MR) is 204 cm³/mol. The van der Waals surface area contributed by atoms with Crippen molar-refractivity contribution in [3.05, 3.63) is 35.2 Å². The van der Waals surface area contributed by atoms with E-state index >= 15 is 0 Å². The number of aromatic nitrogens is 3. The highest BCUT2D eigenvalue weighted by molar-refractivity contribution is 6.05. The Morgan fingerprint density at radius 1 is 1.05 bits per heavy atom. The molecule has 16 heteroatoms. The molecule has 1 saturated heterocycles. The van der Waals surface area contributed by atoms with E-state index in [0.717, 1.165) is 12.8 Å². The van der Waals surface area contributed by atoms with Crippen LogP contribution in [0.25, 0.3) is 21.9 Å². The van der Waals surface area contributed by atoms with Crippen LogP contribution in [-0.2, 0) is 9.47 Å². The van der Waals surface area contributed by atoms with Gasteiger partial charge in [-0.25, -0.2) is 28.7 Å². The molecule has 3 heterocycles. The van der Waals surface area contributed by atoms with E-state index in [9.17, 15) is 24.6 Å². The van der Waals surface area contributed by atoms with Crippen molar-refractivity contribution in [2.24, 2.45) is 28.6 Å². The van der Waals surface area contributed by atoms with Crippen molar-refractivity contribution in [3.8, 4) is 23.0 Å². The van der Waals surface area contributed by atoms with Crippen LogP contribution in [0, 0.1) is 35.2 Å². The van der Waals surface area contributed by atoms with Crippen molar-refractivity contribution in [1.82, 2.24) is 24.4 Å². The molecular weight excluding hydrogens is 710 g/mol. The molecule has 1 aromatic carbocycles. The normalized spacial score (nSPS) is 20.5. The Kier molecular flexibility index (Phi) is 12.7. The van der Waals surface area contributed by atoms with Gasteiger partial charge in [-0.05, 0) is 47.8 Å². The summed E-state index contributed by atoms with van der Waals surface area (Å²) >= 11 is 0. The second-order valence-electron chi connectivity index (χ2n) is 16.5. The molecule has 4 N–H and O–H groups in total. The topological polar surface area (TPSA) is 185 Å². The molecule has 0 radical (unpaired) electrons. The zero-order valence-corrected chi connectivity index (χ0v) is 33.1. The van der Waals surface area contributed by atoms with Gasteiger partial charge < -0.3 is 44.3 Å². The number of esters is 1. The summed E-state index contributed by atoms with van der Waals surface area (Å²) in [4.78, 5) is 52.3. The molecule has 5 rings (SSSR count).